The lowest BCUT2D eigenvalue weighted by molar-refractivity contribution is -0.140. The van der Waals surface area contributed by atoms with Crippen molar-refractivity contribution in [2.24, 2.45) is 0 Å². The number of likely N-dealkylation sites (N-methyl/N-ethyl adjacent to an activating group) is 1. The molecule has 0 aliphatic heterocycles. The first-order valence-electron chi connectivity index (χ1n) is 5.70. The van der Waals surface area contributed by atoms with Crippen LogP contribution >= 0.6 is 0 Å². The van der Waals surface area contributed by atoms with E-state index in [0.29, 0.717) is 6.54 Å². The molecule has 1 unspecified atom stereocenters. The van der Waals surface area contributed by atoms with E-state index in [1.54, 1.807) is 0 Å². The topological polar surface area (TPSA) is 69.6 Å². The number of carboxylic acids is 1. The molecule has 2 N–H and O–H groups in total. The fourth-order valence-electron chi connectivity index (χ4n) is 1.67. The Hall–Kier alpha value is -1.88. The molecule has 98 valence electrons. The van der Waals surface area contributed by atoms with Crippen LogP contribution in [0.1, 0.15) is 18.0 Å². The molecule has 1 amide bonds. The van der Waals surface area contributed by atoms with Crippen LogP contribution in [0.5, 0.6) is 0 Å². The lowest BCUT2D eigenvalue weighted by Crippen LogP contribution is -2.36. The van der Waals surface area contributed by atoms with Gasteiger partial charge >= 0.3 is 5.97 Å². The van der Waals surface area contributed by atoms with E-state index in [0.717, 1.165) is 5.56 Å². The Morgan fingerprint density at radius 2 is 1.89 bits per heavy atom. The number of hydrogen-bond acceptors (Lipinski definition) is 3. The highest BCUT2D eigenvalue weighted by atomic mass is 16.4. The molecule has 0 aliphatic rings. The second-order valence-corrected chi connectivity index (χ2v) is 4.36. The molecule has 0 aliphatic carbocycles. The van der Waals surface area contributed by atoms with Gasteiger partial charge in [0.25, 0.3) is 0 Å². The quantitative estimate of drug-likeness (QED) is 0.735. The summed E-state index contributed by atoms with van der Waals surface area (Å²) in [6.07, 6.45) is -0.503. The average Bonchev–Trinajstić information content (AvgIpc) is 2.27. The van der Waals surface area contributed by atoms with E-state index in [9.17, 15) is 9.59 Å². The normalized spacial score (nSPS) is 12.2. The molecule has 0 radical (unpaired) electrons. The number of nitrogens with zero attached hydrogens (tertiary/aromatic N) is 1. The van der Waals surface area contributed by atoms with E-state index in [4.69, 9.17) is 5.11 Å². The van der Waals surface area contributed by atoms with Crippen molar-refractivity contribution in [3.8, 4) is 0 Å². The van der Waals surface area contributed by atoms with Gasteiger partial charge in [-0.25, -0.2) is 0 Å². The van der Waals surface area contributed by atoms with Crippen LogP contribution in [-0.2, 0) is 9.59 Å². The minimum Gasteiger partial charge on any atom is -0.481 e. The molecule has 0 saturated carbocycles. The van der Waals surface area contributed by atoms with Gasteiger partial charge in [-0.05, 0) is 19.7 Å². The highest BCUT2D eigenvalue weighted by Crippen LogP contribution is 2.13. The zero-order chi connectivity index (χ0) is 13.5. The molecular formula is C13H18N2O3. The summed E-state index contributed by atoms with van der Waals surface area (Å²) in [5, 5.41) is 11.3. The predicted molar refractivity (Wildman–Crippen MR) is 68.1 cm³/mol. The van der Waals surface area contributed by atoms with Gasteiger partial charge in [-0.3, -0.25) is 9.59 Å². The lowest BCUT2D eigenvalue weighted by atomic mass is 10.1. The molecule has 1 atom stereocenters. The van der Waals surface area contributed by atoms with E-state index in [-0.39, 0.29) is 6.04 Å². The summed E-state index contributed by atoms with van der Waals surface area (Å²) >= 11 is 0. The molecule has 0 aromatic heterocycles. The number of amides is 1. The zero-order valence-corrected chi connectivity index (χ0v) is 10.6. The lowest BCUT2D eigenvalue weighted by Gasteiger charge is -2.22. The van der Waals surface area contributed by atoms with E-state index < -0.39 is 18.3 Å². The van der Waals surface area contributed by atoms with Crippen LogP contribution in [0.3, 0.4) is 0 Å². The molecule has 1 aromatic carbocycles. The minimum absolute atomic E-state index is 0.201. The Bertz CT molecular complexity index is 404. The summed E-state index contributed by atoms with van der Waals surface area (Å²) in [4.78, 5) is 23.9. The standard InChI is InChI=1S/C13H18N2O3/c1-15(2)9-11(10-6-4-3-5-7-10)14-12(16)8-13(17)18/h3-7,11H,8-9H2,1-2H3,(H,14,16)(H,17,18). The van der Waals surface area contributed by atoms with E-state index in [1.807, 2.05) is 49.3 Å². The second-order valence-electron chi connectivity index (χ2n) is 4.36. The van der Waals surface area contributed by atoms with Gasteiger partial charge in [0.2, 0.25) is 5.91 Å². The van der Waals surface area contributed by atoms with Gasteiger partial charge in [-0.2, -0.15) is 0 Å². The fourth-order valence-corrected chi connectivity index (χ4v) is 1.67. The van der Waals surface area contributed by atoms with Gasteiger partial charge in [-0.1, -0.05) is 30.3 Å². The van der Waals surface area contributed by atoms with Crippen molar-refractivity contribution < 1.29 is 14.7 Å². The van der Waals surface area contributed by atoms with Crippen molar-refractivity contribution in [2.75, 3.05) is 20.6 Å². The Kier molecular flexibility index (Phi) is 5.32. The first-order valence-corrected chi connectivity index (χ1v) is 5.70. The monoisotopic (exact) mass is 250 g/mol. The smallest absolute Gasteiger partial charge is 0.312 e. The molecular weight excluding hydrogens is 232 g/mol. The summed E-state index contributed by atoms with van der Waals surface area (Å²) in [7, 11) is 3.80. The van der Waals surface area contributed by atoms with Gasteiger partial charge in [0.05, 0.1) is 6.04 Å². The van der Waals surface area contributed by atoms with Gasteiger partial charge in [0.1, 0.15) is 6.42 Å². The summed E-state index contributed by atoms with van der Waals surface area (Å²) in [6.45, 7) is 0.620. The van der Waals surface area contributed by atoms with Gasteiger partial charge in [-0.15, -0.1) is 0 Å². The Labute approximate surface area is 106 Å². The number of aliphatic carboxylic acids is 1. The Morgan fingerprint density at radius 1 is 1.28 bits per heavy atom. The number of nitrogens with one attached hydrogen (secondary N) is 1. The maximum absolute atomic E-state index is 11.5. The number of rotatable bonds is 6. The molecule has 0 heterocycles. The number of carbonyl (C=O) groups is 2. The van der Waals surface area contributed by atoms with Crippen LogP contribution in [0.2, 0.25) is 0 Å². The average molecular weight is 250 g/mol. The first-order chi connectivity index (χ1) is 8.49. The number of benzene rings is 1. The van der Waals surface area contributed by atoms with E-state index in [2.05, 4.69) is 5.32 Å². The van der Waals surface area contributed by atoms with Crippen LogP contribution in [0, 0.1) is 0 Å². The SMILES string of the molecule is CN(C)CC(NC(=O)CC(=O)O)c1ccccc1. The van der Waals surface area contributed by atoms with Gasteiger partial charge < -0.3 is 15.3 Å². The first kappa shape index (κ1) is 14.2. The van der Waals surface area contributed by atoms with Crippen LogP contribution in [-0.4, -0.2) is 42.5 Å². The second kappa shape index (κ2) is 6.76. The molecule has 1 aromatic rings. The van der Waals surface area contributed by atoms with Crippen LogP contribution in [0.4, 0.5) is 0 Å². The van der Waals surface area contributed by atoms with Crippen LogP contribution in [0.25, 0.3) is 0 Å². The van der Waals surface area contributed by atoms with Crippen LogP contribution in [0.15, 0.2) is 30.3 Å². The molecule has 0 fully saturated rings. The zero-order valence-electron chi connectivity index (χ0n) is 10.6. The molecule has 5 nitrogen and oxygen atoms in total. The highest BCUT2D eigenvalue weighted by Gasteiger charge is 2.16. The summed E-state index contributed by atoms with van der Waals surface area (Å²) in [5.74, 6) is -1.60. The third kappa shape index (κ3) is 4.97. The Balaban J connectivity index is 2.73. The molecule has 1 rings (SSSR count). The third-order valence-electron chi connectivity index (χ3n) is 2.40. The molecule has 18 heavy (non-hydrogen) atoms. The highest BCUT2D eigenvalue weighted by molar-refractivity contribution is 5.93. The van der Waals surface area contributed by atoms with Crippen molar-refractivity contribution in [3.05, 3.63) is 35.9 Å². The Morgan fingerprint density at radius 3 is 2.39 bits per heavy atom. The third-order valence-corrected chi connectivity index (χ3v) is 2.40. The summed E-state index contributed by atoms with van der Waals surface area (Å²) in [5.41, 5.74) is 0.963. The van der Waals surface area contributed by atoms with Crippen molar-refractivity contribution >= 4 is 11.9 Å². The predicted octanol–water partition coefficient (Wildman–Crippen LogP) is 0.880. The fraction of sp³-hybridized carbons (Fsp3) is 0.385. The maximum Gasteiger partial charge on any atom is 0.312 e. The van der Waals surface area contributed by atoms with Crippen molar-refractivity contribution in [3.63, 3.8) is 0 Å². The summed E-state index contributed by atoms with van der Waals surface area (Å²) < 4.78 is 0. The minimum atomic E-state index is -1.12. The number of carboxylic acid groups (broad SMARTS) is 1. The molecule has 5 heteroatoms. The van der Waals surface area contributed by atoms with Crippen molar-refractivity contribution in [1.29, 1.82) is 0 Å². The largest absolute Gasteiger partial charge is 0.481 e. The number of hydrogen-bond donors (Lipinski definition) is 2. The number of carbonyl (C=O) groups excluding carboxylic acids is 1. The van der Waals surface area contributed by atoms with Crippen molar-refractivity contribution in [1.82, 2.24) is 10.2 Å². The molecule has 0 spiro atoms. The molecule has 0 bridgehead atoms. The molecule has 0 saturated heterocycles. The van der Waals surface area contributed by atoms with E-state index >= 15 is 0 Å². The van der Waals surface area contributed by atoms with Crippen molar-refractivity contribution in [2.45, 2.75) is 12.5 Å². The summed E-state index contributed by atoms with van der Waals surface area (Å²) in [6, 6.07) is 9.30. The van der Waals surface area contributed by atoms with Gasteiger partial charge in [0.15, 0.2) is 0 Å². The van der Waals surface area contributed by atoms with Crippen LogP contribution < -0.4 is 5.32 Å². The van der Waals surface area contributed by atoms with E-state index in [1.165, 1.54) is 0 Å². The maximum atomic E-state index is 11.5. The van der Waals surface area contributed by atoms with Gasteiger partial charge in [0, 0.05) is 6.54 Å².